The second-order valence-electron chi connectivity index (χ2n) is 4.46. The van der Waals surface area contributed by atoms with Crippen molar-refractivity contribution >= 4 is 22.3 Å². The van der Waals surface area contributed by atoms with Gasteiger partial charge in [0.1, 0.15) is 5.84 Å². The highest BCUT2D eigenvalue weighted by Gasteiger charge is 2.20. The van der Waals surface area contributed by atoms with Crippen LogP contribution in [0.15, 0.2) is 0 Å². The summed E-state index contributed by atoms with van der Waals surface area (Å²) in [4.78, 5) is 10.2. The van der Waals surface area contributed by atoms with Crippen molar-refractivity contribution in [3.8, 4) is 0 Å². The molecule has 1 aliphatic rings. The van der Waals surface area contributed by atoms with Crippen LogP contribution in [0.1, 0.15) is 24.4 Å². The maximum atomic E-state index is 7.59. The largest absolute Gasteiger partial charge is 0.383 e. The molecule has 2 heterocycles. The minimum atomic E-state index is 0.141. The highest BCUT2D eigenvalue weighted by atomic mass is 32.1. The molecule has 100 valence electrons. The smallest absolute Gasteiger partial charge is 0.186 e. The summed E-state index contributed by atoms with van der Waals surface area (Å²) in [7, 11) is 0. The summed E-state index contributed by atoms with van der Waals surface area (Å²) in [5, 5.41) is 8.61. The van der Waals surface area contributed by atoms with Crippen molar-refractivity contribution in [2.45, 2.75) is 20.3 Å². The fourth-order valence-electron chi connectivity index (χ4n) is 2.18. The first-order valence-corrected chi connectivity index (χ1v) is 7.28. The first-order valence-electron chi connectivity index (χ1n) is 6.47. The Morgan fingerprint density at radius 2 is 2.00 bits per heavy atom. The molecule has 1 aliphatic heterocycles. The number of anilines is 1. The van der Waals surface area contributed by atoms with Crippen LogP contribution in [0.3, 0.4) is 0 Å². The Balaban J connectivity index is 2.12. The van der Waals surface area contributed by atoms with Gasteiger partial charge in [-0.2, -0.15) is 0 Å². The number of piperazine rings is 1. The van der Waals surface area contributed by atoms with Gasteiger partial charge < -0.3 is 15.5 Å². The normalized spacial score (nSPS) is 17.1. The number of aryl methyl sites for hydroxylation is 1. The second-order valence-corrected chi connectivity index (χ2v) is 5.44. The molecule has 1 saturated heterocycles. The van der Waals surface area contributed by atoms with Crippen LogP contribution in [0.2, 0.25) is 0 Å². The van der Waals surface area contributed by atoms with Crippen molar-refractivity contribution in [1.82, 2.24) is 9.88 Å². The Bertz CT molecular complexity index is 420. The average Bonchev–Trinajstić information content (AvgIpc) is 2.83. The molecule has 0 aliphatic carbocycles. The van der Waals surface area contributed by atoms with E-state index in [0.29, 0.717) is 0 Å². The molecular weight excluding hydrogens is 246 g/mol. The molecule has 0 amide bonds. The SMILES string of the molecule is CCc1nc(N2CCN(CC)CC2)sc1C(=N)N. The van der Waals surface area contributed by atoms with Gasteiger partial charge in [0.05, 0.1) is 10.6 Å². The Hall–Kier alpha value is -1.14. The maximum Gasteiger partial charge on any atom is 0.186 e. The molecule has 3 N–H and O–H groups in total. The Morgan fingerprint density at radius 3 is 2.44 bits per heavy atom. The van der Waals surface area contributed by atoms with Crippen molar-refractivity contribution < 1.29 is 0 Å². The van der Waals surface area contributed by atoms with E-state index in [9.17, 15) is 0 Å². The Kier molecular flexibility index (Phi) is 4.19. The first-order chi connectivity index (χ1) is 8.65. The zero-order valence-electron chi connectivity index (χ0n) is 11.1. The third-order valence-electron chi connectivity index (χ3n) is 3.36. The number of nitrogens with two attached hydrogens (primary N) is 1. The summed E-state index contributed by atoms with van der Waals surface area (Å²) < 4.78 is 0. The van der Waals surface area contributed by atoms with E-state index in [4.69, 9.17) is 11.1 Å². The zero-order chi connectivity index (χ0) is 13.1. The quantitative estimate of drug-likeness (QED) is 0.634. The summed E-state index contributed by atoms with van der Waals surface area (Å²) >= 11 is 1.55. The monoisotopic (exact) mass is 267 g/mol. The molecule has 0 bridgehead atoms. The lowest BCUT2D eigenvalue weighted by Gasteiger charge is -2.33. The summed E-state index contributed by atoms with van der Waals surface area (Å²) in [6.45, 7) is 9.58. The summed E-state index contributed by atoms with van der Waals surface area (Å²) in [5.41, 5.74) is 6.56. The number of amidine groups is 1. The highest BCUT2D eigenvalue weighted by Crippen LogP contribution is 2.27. The fourth-order valence-corrected chi connectivity index (χ4v) is 3.25. The van der Waals surface area contributed by atoms with E-state index < -0.39 is 0 Å². The summed E-state index contributed by atoms with van der Waals surface area (Å²) in [6, 6.07) is 0. The van der Waals surface area contributed by atoms with E-state index in [0.717, 1.165) is 54.8 Å². The van der Waals surface area contributed by atoms with Crippen molar-refractivity contribution in [3.63, 3.8) is 0 Å². The van der Waals surface area contributed by atoms with E-state index in [-0.39, 0.29) is 5.84 Å². The zero-order valence-corrected chi connectivity index (χ0v) is 11.9. The van der Waals surface area contributed by atoms with Gasteiger partial charge in [-0.05, 0) is 13.0 Å². The number of thiazole rings is 1. The number of nitrogens with zero attached hydrogens (tertiary/aromatic N) is 3. The number of rotatable bonds is 4. The molecule has 0 spiro atoms. The molecular formula is C12H21N5S. The van der Waals surface area contributed by atoms with Gasteiger partial charge >= 0.3 is 0 Å². The molecule has 0 aromatic carbocycles. The van der Waals surface area contributed by atoms with Gasteiger partial charge in [-0.15, -0.1) is 0 Å². The molecule has 1 fully saturated rings. The molecule has 0 atom stereocenters. The molecule has 18 heavy (non-hydrogen) atoms. The van der Waals surface area contributed by atoms with Gasteiger partial charge in [0.25, 0.3) is 0 Å². The lowest BCUT2D eigenvalue weighted by atomic mass is 10.3. The molecule has 1 aromatic heterocycles. The third kappa shape index (κ3) is 2.64. The summed E-state index contributed by atoms with van der Waals surface area (Å²) in [6.07, 6.45) is 0.834. The number of aromatic nitrogens is 1. The van der Waals surface area contributed by atoms with Crippen LogP contribution in [0.4, 0.5) is 5.13 Å². The minimum absolute atomic E-state index is 0.141. The van der Waals surface area contributed by atoms with Crippen LogP contribution in [-0.2, 0) is 6.42 Å². The van der Waals surface area contributed by atoms with Crippen LogP contribution in [0.25, 0.3) is 0 Å². The maximum absolute atomic E-state index is 7.59. The number of hydrogen-bond donors (Lipinski definition) is 2. The van der Waals surface area contributed by atoms with Gasteiger partial charge in [0, 0.05) is 26.2 Å². The van der Waals surface area contributed by atoms with Gasteiger partial charge in [-0.1, -0.05) is 25.2 Å². The van der Waals surface area contributed by atoms with Crippen LogP contribution >= 0.6 is 11.3 Å². The Morgan fingerprint density at radius 1 is 1.33 bits per heavy atom. The van der Waals surface area contributed by atoms with E-state index >= 15 is 0 Å². The van der Waals surface area contributed by atoms with E-state index in [2.05, 4.69) is 28.6 Å². The average molecular weight is 267 g/mol. The van der Waals surface area contributed by atoms with Gasteiger partial charge in [-0.3, -0.25) is 5.41 Å². The second kappa shape index (κ2) is 5.67. The van der Waals surface area contributed by atoms with E-state index in [1.807, 2.05) is 0 Å². The molecule has 2 rings (SSSR count). The van der Waals surface area contributed by atoms with E-state index in [1.54, 1.807) is 11.3 Å². The van der Waals surface area contributed by atoms with Gasteiger partial charge in [0.2, 0.25) is 0 Å². The first kappa shape index (κ1) is 13.3. The Labute approximate surface area is 112 Å². The molecule has 5 nitrogen and oxygen atoms in total. The molecule has 0 radical (unpaired) electrons. The predicted molar refractivity (Wildman–Crippen MR) is 76.8 cm³/mol. The van der Waals surface area contributed by atoms with Crippen molar-refractivity contribution in [2.75, 3.05) is 37.6 Å². The third-order valence-corrected chi connectivity index (χ3v) is 4.55. The lowest BCUT2D eigenvalue weighted by molar-refractivity contribution is 0.271. The van der Waals surface area contributed by atoms with Crippen molar-refractivity contribution in [3.05, 3.63) is 10.6 Å². The van der Waals surface area contributed by atoms with E-state index in [1.165, 1.54) is 0 Å². The molecule has 0 unspecified atom stereocenters. The van der Waals surface area contributed by atoms with Crippen LogP contribution in [-0.4, -0.2) is 48.4 Å². The summed E-state index contributed by atoms with van der Waals surface area (Å²) in [5.74, 6) is 0.141. The minimum Gasteiger partial charge on any atom is -0.383 e. The molecule has 0 saturated carbocycles. The highest BCUT2D eigenvalue weighted by molar-refractivity contribution is 7.17. The fraction of sp³-hybridized carbons (Fsp3) is 0.667. The number of nitrogens with one attached hydrogen (secondary N) is 1. The standard InChI is InChI=1S/C12H21N5S/c1-3-9-10(11(13)14)18-12(15-9)17-7-5-16(4-2)6-8-17/h3-8H2,1-2H3,(H3,13,14). The van der Waals surface area contributed by atoms with Gasteiger partial charge in [-0.25, -0.2) is 4.98 Å². The number of hydrogen-bond acceptors (Lipinski definition) is 5. The van der Waals surface area contributed by atoms with Crippen molar-refractivity contribution in [1.29, 1.82) is 5.41 Å². The lowest BCUT2D eigenvalue weighted by Crippen LogP contribution is -2.46. The van der Waals surface area contributed by atoms with Crippen molar-refractivity contribution in [2.24, 2.45) is 5.73 Å². The predicted octanol–water partition coefficient (Wildman–Crippen LogP) is 1.13. The van der Waals surface area contributed by atoms with Crippen LogP contribution in [0, 0.1) is 5.41 Å². The van der Waals surface area contributed by atoms with Gasteiger partial charge in [0.15, 0.2) is 5.13 Å². The van der Waals surface area contributed by atoms with Crippen LogP contribution < -0.4 is 10.6 Å². The van der Waals surface area contributed by atoms with Crippen LogP contribution in [0.5, 0.6) is 0 Å². The number of nitrogen functional groups attached to an aromatic ring is 1. The number of likely N-dealkylation sites (N-methyl/N-ethyl adjacent to an activating group) is 1. The topological polar surface area (TPSA) is 69.2 Å². The molecule has 1 aromatic rings. The molecule has 6 heteroatoms.